The number of carbonyl (C=O) groups is 3. The van der Waals surface area contributed by atoms with E-state index < -0.39 is 24.3 Å². The first-order valence-electron chi connectivity index (χ1n) is 8.68. The molecule has 0 fully saturated rings. The van der Waals surface area contributed by atoms with Gasteiger partial charge < -0.3 is 25.3 Å². The maximum Gasteiger partial charge on any atom is 0.268 e. The number of ether oxygens (including phenoxy) is 1. The molecule has 0 heterocycles. The minimum atomic E-state index is -1.43. The molecule has 0 unspecified atom stereocenters. The summed E-state index contributed by atoms with van der Waals surface area (Å²) in [6, 6.07) is 15.3. The van der Waals surface area contributed by atoms with E-state index in [1.54, 1.807) is 54.6 Å². The summed E-state index contributed by atoms with van der Waals surface area (Å²) in [7, 11) is 0. The smallest absolute Gasteiger partial charge is 0.268 e. The van der Waals surface area contributed by atoms with Crippen molar-refractivity contribution in [2.24, 2.45) is 0 Å². The fourth-order valence-corrected chi connectivity index (χ4v) is 2.27. The van der Waals surface area contributed by atoms with Gasteiger partial charge in [-0.15, -0.1) is 0 Å². The number of hydrogen-bond acceptors (Lipinski definition) is 5. The lowest BCUT2D eigenvalue weighted by Gasteiger charge is -2.12. The number of aliphatic carboxylic acids is 1. The quantitative estimate of drug-likeness (QED) is 0.666. The molecule has 7 nitrogen and oxygen atoms in total. The highest BCUT2D eigenvalue weighted by Gasteiger charge is 2.14. The number of carbonyl (C=O) groups excluding carboxylic acids is 3. The molecular weight excluding hydrogens is 360 g/mol. The fraction of sp³-hybridized carbons (Fsp3) is 0.190. The molecule has 0 aromatic heterocycles. The normalized spacial score (nSPS) is 11.0. The van der Waals surface area contributed by atoms with Gasteiger partial charge in [0.15, 0.2) is 0 Å². The maximum absolute atomic E-state index is 12.4. The number of carboxylic acids is 1. The van der Waals surface area contributed by atoms with E-state index in [4.69, 9.17) is 4.74 Å². The second kappa shape index (κ2) is 9.91. The van der Waals surface area contributed by atoms with E-state index in [1.165, 1.54) is 6.08 Å². The molecule has 7 heteroatoms. The number of carboxylic acid groups (broad SMARTS) is 1. The zero-order valence-corrected chi connectivity index (χ0v) is 15.6. The number of rotatable bonds is 8. The van der Waals surface area contributed by atoms with Gasteiger partial charge in [-0.05, 0) is 49.8 Å². The van der Waals surface area contributed by atoms with Crippen LogP contribution in [0.25, 0.3) is 6.08 Å². The van der Waals surface area contributed by atoms with E-state index in [-0.39, 0.29) is 11.8 Å². The lowest BCUT2D eigenvalue weighted by molar-refractivity contribution is -0.303. The summed E-state index contributed by atoms with van der Waals surface area (Å²) in [5.41, 5.74) is 0.900. The molecule has 2 amide bonds. The Balaban J connectivity index is 2.23. The largest absolute Gasteiger partial charge is 0.548 e. The Bertz CT molecular complexity index is 858. The fourth-order valence-electron chi connectivity index (χ4n) is 2.27. The maximum atomic E-state index is 12.4. The Hall–Kier alpha value is -3.61. The van der Waals surface area contributed by atoms with Crippen LogP contribution in [-0.2, 0) is 9.59 Å². The Kier molecular flexibility index (Phi) is 7.33. The van der Waals surface area contributed by atoms with Gasteiger partial charge in [0.2, 0.25) is 0 Å². The molecule has 0 aliphatic heterocycles. The second-order valence-electron chi connectivity index (χ2n) is 6.17. The van der Waals surface area contributed by atoms with Crippen LogP contribution in [0.3, 0.4) is 0 Å². The number of amides is 2. The zero-order chi connectivity index (χ0) is 20.5. The lowest BCUT2D eigenvalue weighted by Crippen LogP contribution is -2.41. The number of hydrogen-bond donors (Lipinski definition) is 2. The predicted octanol–water partition coefficient (Wildman–Crippen LogP) is 1.11. The second-order valence-corrected chi connectivity index (χ2v) is 6.17. The standard InChI is InChI=1S/C21H22N2O5/c1-14(2)28-17-10-8-15(9-11-17)12-18(21(27)22-13-19(24)25)23-20(26)16-6-4-3-5-7-16/h3-12,14H,13H2,1-2H3,(H,22,27)(H,23,26)(H,24,25)/p-1/b18-12+. The Morgan fingerprint density at radius 1 is 1.04 bits per heavy atom. The van der Waals surface area contributed by atoms with Crippen molar-refractivity contribution >= 4 is 23.9 Å². The van der Waals surface area contributed by atoms with Crippen LogP contribution in [0.5, 0.6) is 5.75 Å². The average molecular weight is 381 g/mol. The Morgan fingerprint density at radius 3 is 2.25 bits per heavy atom. The minimum Gasteiger partial charge on any atom is -0.548 e. The lowest BCUT2D eigenvalue weighted by atomic mass is 10.1. The van der Waals surface area contributed by atoms with Crippen LogP contribution in [0.15, 0.2) is 60.3 Å². The third-order valence-electron chi connectivity index (χ3n) is 3.48. The van der Waals surface area contributed by atoms with Crippen molar-refractivity contribution in [3.63, 3.8) is 0 Å². The summed E-state index contributed by atoms with van der Waals surface area (Å²) in [5.74, 6) is -1.99. The first-order valence-corrected chi connectivity index (χ1v) is 8.68. The predicted molar refractivity (Wildman–Crippen MR) is 102 cm³/mol. The van der Waals surface area contributed by atoms with Crippen LogP contribution in [-0.4, -0.2) is 30.4 Å². The molecule has 2 rings (SSSR count). The molecule has 0 aliphatic carbocycles. The van der Waals surface area contributed by atoms with Crippen molar-refractivity contribution in [1.29, 1.82) is 0 Å². The molecule has 0 saturated heterocycles. The Morgan fingerprint density at radius 2 is 1.68 bits per heavy atom. The van der Waals surface area contributed by atoms with E-state index in [0.717, 1.165) is 0 Å². The average Bonchev–Trinajstić information content (AvgIpc) is 2.67. The van der Waals surface area contributed by atoms with E-state index in [0.29, 0.717) is 16.9 Å². The summed E-state index contributed by atoms with van der Waals surface area (Å²) in [4.78, 5) is 35.3. The van der Waals surface area contributed by atoms with E-state index in [9.17, 15) is 19.5 Å². The summed E-state index contributed by atoms with van der Waals surface area (Å²) in [5, 5.41) is 15.3. The van der Waals surface area contributed by atoms with Crippen molar-refractivity contribution in [1.82, 2.24) is 10.6 Å². The van der Waals surface area contributed by atoms with Gasteiger partial charge in [0, 0.05) is 5.56 Å². The van der Waals surface area contributed by atoms with Gasteiger partial charge in [0.05, 0.1) is 18.6 Å². The summed E-state index contributed by atoms with van der Waals surface area (Å²) >= 11 is 0. The van der Waals surface area contributed by atoms with Gasteiger partial charge in [-0.3, -0.25) is 9.59 Å². The molecule has 0 atom stereocenters. The van der Waals surface area contributed by atoms with E-state index in [1.807, 2.05) is 13.8 Å². The van der Waals surface area contributed by atoms with Gasteiger partial charge in [-0.25, -0.2) is 0 Å². The van der Waals surface area contributed by atoms with Crippen LogP contribution in [0.4, 0.5) is 0 Å². The summed E-state index contributed by atoms with van der Waals surface area (Å²) in [6.07, 6.45) is 1.47. The molecule has 146 valence electrons. The molecule has 0 spiro atoms. The van der Waals surface area contributed by atoms with Gasteiger partial charge in [0.1, 0.15) is 11.4 Å². The zero-order valence-electron chi connectivity index (χ0n) is 15.6. The molecule has 0 radical (unpaired) electrons. The first kappa shape index (κ1) is 20.7. The van der Waals surface area contributed by atoms with Gasteiger partial charge in [-0.1, -0.05) is 30.3 Å². The minimum absolute atomic E-state index is 0.0255. The van der Waals surface area contributed by atoms with Crippen LogP contribution in [0.1, 0.15) is 29.8 Å². The van der Waals surface area contributed by atoms with Crippen LogP contribution in [0, 0.1) is 0 Å². The SMILES string of the molecule is CC(C)Oc1ccc(/C=C(/NC(=O)c2ccccc2)C(=O)NCC(=O)[O-])cc1. The monoisotopic (exact) mass is 381 g/mol. The van der Waals surface area contributed by atoms with Crippen LogP contribution in [0.2, 0.25) is 0 Å². The van der Waals surface area contributed by atoms with Crippen molar-refractivity contribution in [3.05, 3.63) is 71.4 Å². The number of nitrogens with one attached hydrogen (secondary N) is 2. The Labute approximate surface area is 163 Å². The van der Waals surface area contributed by atoms with Crippen LogP contribution >= 0.6 is 0 Å². The molecule has 2 aromatic carbocycles. The molecule has 0 saturated carbocycles. The van der Waals surface area contributed by atoms with Crippen LogP contribution < -0.4 is 20.5 Å². The highest BCUT2D eigenvalue weighted by molar-refractivity contribution is 6.05. The first-order chi connectivity index (χ1) is 13.3. The summed E-state index contributed by atoms with van der Waals surface area (Å²) < 4.78 is 5.57. The number of benzene rings is 2. The highest BCUT2D eigenvalue weighted by Crippen LogP contribution is 2.16. The molecular formula is C21H21N2O5-. The molecule has 0 aliphatic rings. The molecule has 2 N–H and O–H groups in total. The van der Waals surface area contributed by atoms with Crippen molar-refractivity contribution < 1.29 is 24.2 Å². The van der Waals surface area contributed by atoms with E-state index in [2.05, 4.69) is 10.6 Å². The van der Waals surface area contributed by atoms with Crippen molar-refractivity contribution in [2.45, 2.75) is 20.0 Å². The summed E-state index contributed by atoms with van der Waals surface area (Å²) in [6.45, 7) is 3.15. The van der Waals surface area contributed by atoms with Crippen molar-refractivity contribution in [2.75, 3.05) is 6.54 Å². The molecule has 28 heavy (non-hydrogen) atoms. The van der Waals surface area contributed by atoms with Crippen molar-refractivity contribution in [3.8, 4) is 5.75 Å². The molecule has 2 aromatic rings. The third kappa shape index (κ3) is 6.60. The van der Waals surface area contributed by atoms with Gasteiger partial charge in [-0.2, -0.15) is 0 Å². The molecule has 0 bridgehead atoms. The van der Waals surface area contributed by atoms with E-state index >= 15 is 0 Å². The van der Waals surface area contributed by atoms with Gasteiger partial charge in [0.25, 0.3) is 11.8 Å². The van der Waals surface area contributed by atoms with Gasteiger partial charge >= 0.3 is 0 Å². The topological polar surface area (TPSA) is 108 Å². The highest BCUT2D eigenvalue weighted by atomic mass is 16.5. The third-order valence-corrected chi connectivity index (χ3v) is 3.48.